The normalized spacial score (nSPS) is 29.7. The molecule has 0 unspecified atom stereocenters. The van der Waals surface area contributed by atoms with Crippen LogP contribution < -0.4 is 10.9 Å². The van der Waals surface area contributed by atoms with Gasteiger partial charge in [0.25, 0.3) is 5.56 Å². The Balaban J connectivity index is 1.34. The average Bonchev–Trinajstić information content (AvgIpc) is 2.97. The van der Waals surface area contributed by atoms with Gasteiger partial charge in [-0.15, -0.1) is 0 Å². The largest absolute Gasteiger partial charge is 0.479 e. The van der Waals surface area contributed by atoms with Crippen molar-refractivity contribution in [2.45, 2.75) is 108 Å². The van der Waals surface area contributed by atoms with Gasteiger partial charge < -0.3 is 19.8 Å². The second-order valence-corrected chi connectivity index (χ2v) is 12.8. The van der Waals surface area contributed by atoms with Crippen LogP contribution in [0.4, 0.5) is 0 Å². The molecule has 2 saturated heterocycles. The summed E-state index contributed by atoms with van der Waals surface area (Å²) in [5, 5.41) is 15.7. The lowest BCUT2D eigenvalue weighted by Crippen LogP contribution is -2.58. The molecule has 6 atom stereocenters. The van der Waals surface area contributed by atoms with E-state index in [0.717, 1.165) is 30.2 Å². The second kappa shape index (κ2) is 12.5. The fraction of sp³-hybridized carbons (Fsp3) is 0.656. The summed E-state index contributed by atoms with van der Waals surface area (Å²) < 4.78 is 1.92. The van der Waals surface area contributed by atoms with Crippen LogP contribution in [0.1, 0.15) is 95.2 Å². The smallest absolute Gasteiger partial charge is 0.344 e. The molecule has 42 heavy (non-hydrogen) atoms. The number of carboxylic acids is 1. The number of hydrogen-bond acceptors (Lipinski definition) is 7. The highest BCUT2D eigenvalue weighted by Gasteiger charge is 2.45. The van der Waals surface area contributed by atoms with Crippen LogP contribution in [0.3, 0.4) is 0 Å². The van der Waals surface area contributed by atoms with Gasteiger partial charge in [0.2, 0.25) is 12.5 Å². The number of aromatic nitrogens is 2. The fourth-order valence-electron chi connectivity index (χ4n) is 8.57. The first-order valence-electron chi connectivity index (χ1n) is 15.8. The highest BCUT2D eigenvalue weighted by atomic mass is 16.6. The monoisotopic (exact) mass is 577 g/mol. The number of aliphatic carboxylic acids is 1. The molecule has 3 heterocycles. The molecule has 4 bridgehead atoms. The molecule has 10 heteroatoms. The third-order valence-corrected chi connectivity index (χ3v) is 10.2. The number of hydrogen-bond donors (Lipinski definition) is 2. The van der Waals surface area contributed by atoms with Gasteiger partial charge in [0.05, 0.1) is 11.0 Å². The van der Waals surface area contributed by atoms with Crippen molar-refractivity contribution >= 4 is 28.6 Å². The summed E-state index contributed by atoms with van der Waals surface area (Å²) in [6.45, 7) is -0.643. The molecule has 0 spiro atoms. The van der Waals surface area contributed by atoms with Crippen molar-refractivity contribution in [3.63, 3.8) is 0 Å². The molecule has 6 rings (SSSR count). The van der Waals surface area contributed by atoms with E-state index >= 15 is 0 Å². The van der Waals surface area contributed by atoms with Gasteiger partial charge in [0.15, 0.2) is 5.69 Å². The van der Waals surface area contributed by atoms with Gasteiger partial charge in [-0.1, -0.05) is 43.0 Å². The molecule has 2 aromatic rings. The van der Waals surface area contributed by atoms with Gasteiger partial charge in [-0.2, -0.15) is 0 Å². The van der Waals surface area contributed by atoms with E-state index in [1.165, 1.54) is 57.8 Å². The Morgan fingerprint density at radius 1 is 0.952 bits per heavy atom. The highest BCUT2D eigenvalue weighted by Crippen LogP contribution is 2.47. The lowest BCUT2D eigenvalue weighted by molar-refractivity contribution is -0.142. The highest BCUT2D eigenvalue weighted by molar-refractivity contribution is 6.01. The van der Waals surface area contributed by atoms with Crippen LogP contribution in [0.15, 0.2) is 34.2 Å². The number of oxime groups is 1. The first kappa shape index (κ1) is 28.8. The summed E-state index contributed by atoms with van der Waals surface area (Å²) in [6, 6.07) is 9.31. The number of piperidine rings is 2. The van der Waals surface area contributed by atoms with Crippen molar-refractivity contribution in [2.24, 2.45) is 17.0 Å². The number of carbonyl (C=O) groups excluding carboxylic acids is 1. The van der Waals surface area contributed by atoms with Crippen molar-refractivity contribution in [1.82, 2.24) is 19.8 Å². The fourth-order valence-corrected chi connectivity index (χ4v) is 8.57. The maximum Gasteiger partial charge on any atom is 0.344 e. The first-order valence-corrected chi connectivity index (χ1v) is 15.8. The van der Waals surface area contributed by atoms with Gasteiger partial charge in [-0.3, -0.25) is 14.5 Å². The number of nitrogens with one attached hydrogen (secondary N) is 1. The number of para-hydroxylation sites is 2. The van der Waals surface area contributed by atoms with E-state index in [1.54, 1.807) is 7.05 Å². The molecule has 4 fully saturated rings. The van der Waals surface area contributed by atoms with Crippen molar-refractivity contribution in [3.8, 4) is 0 Å². The second-order valence-electron chi connectivity index (χ2n) is 12.8. The number of fused-ring (bicyclic) bond motifs is 5. The summed E-state index contributed by atoms with van der Waals surface area (Å²) in [6.07, 6.45) is 13.9. The third-order valence-electron chi connectivity index (χ3n) is 10.2. The summed E-state index contributed by atoms with van der Waals surface area (Å²) in [7, 11) is 1.55. The van der Waals surface area contributed by atoms with Gasteiger partial charge >= 0.3 is 5.97 Å². The molecular weight excluding hydrogens is 534 g/mol. The average molecular weight is 578 g/mol. The Hall–Kier alpha value is -3.27. The van der Waals surface area contributed by atoms with Crippen molar-refractivity contribution in [2.75, 3.05) is 13.7 Å². The molecule has 10 nitrogen and oxygen atoms in total. The number of carboxylic acid groups (broad SMARTS) is 1. The molecule has 2 saturated carbocycles. The van der Waals surface area contributed by atoms with E-state index in [1.807, 2.05) is 28.8 Å². The Morgan fingerprint density at radius 2 is 1.64 bits per heavy atom. The van der Waals surface area contributed by atoms with E-state index in [9.17, 15) is 14.4 Å². The minimum Gasteiger partial charge on any atom is -0.479 e. The summed E-state index contributed by atoms with van der Waals surface area (Å²) in [5.41, 5.74) is 1.52. The zero-order valence-electron chi connectivity index (χ0n) is 24.5. The Bertz CT molecular complexity index is 1380. The molecular formula is C32H43N5O5. The molecule has 1 aromatic heterocycles. The standard InChI is InChI=1S/C32H43N5O5/c1-33-29(38)13-12-27(35-42-19-30(39)40)31-32(41)37(28-11-3-2-10-26(28)34-31)25-17-22-8-5-9-23(18-25)36(22)24-15-20-6-4-7-21(14-20)16-24/h2-3,10-11,20-25H,4-9,12-19H2,1H3,(H,33,38)(H,39,40)/b35-27+/t20-,21+,22-,23+,24+,25+. The number of nitrogens with zero attached hydrogens (tertiary/aromatic N) is 4. The van der Waals surface area contributed by atoms with E-state index in [4.69, 9.17) is 14.9 Å². The van der Waals surface area contributed by atoms with E-state index in [-0.39, 0.29) is 41.8 Å². The molecule has 226 valence electrons. The van der Waals surface area contributed by atoms with Crippen LogP contribution >= 0.6 is 0 Å². The van der Waals surface area contributed by atoms with Gasteiger partial charge in [0.1, 0.15) is 5.71 Å². The Morgan fingerprint density at radius 3 is 2.33 bits per heavy atom. The van der Waals surface area contributed by atoms with Crippen LogP contribution in [-0.2, 0) is 14.4 Å². The molecule has 2 aliphatic carbocycles. The number of benzene rings is 1. The van der Waals surface area contributed by atoms with Crippen molar-refractivity contribution in [3.05, 3.63) is 40.3 Å². The quantitative estimate of drug-likeness (QED) is 0.337. The topological polar surface area (TPSA) is 126 Å². The lowest BCUT2D eigenvalue weighted by atomic mass is 9.68. The molecule has 1 aromatic carbocycles. The van der Waals surface area contributed by atoms with Crippen LogP contribution in [0.2, 0.25) is 0 Å². The van der Waals surface area contributed by atoms with Crippen molar-refractivity contribution < 1.29 is 19.5 Å². The zero-order chi connectivity index (χ0) is 29.2. The molecule has 1 amide bonds. The van der Waals surface area contributed by atoms with E-state index in [0.29, 0.717) is 23.6 Å². The maximum absolute atomic E-state index is 14.3. The van der Waals surface area contributed by atoms with Crippen LogP contribution in [0.5, 0.6) is 0 Å². The minimum absolute atomic E-state index is 0.0268. The van der Waals surface area contributed by atoms with Crippen LogP contribution in [0, 0.1) is 11.8 Å². The summed E-state index contributed by atoms with van der Waals surface area (Å²) >= 11 is 0. The molecule has 2 N–H and O–H groups in total. The Labute approximate surface area is 246 Å². The maximum atomic E-state index is 14.3. The minimum atomic E-state index is -1.17. The van der Waals surface area contributed by atoms with Crippen LogP contribution in [0.25, 0.3) is 11.0 Å². The van der Waals surface area contributed by atoms with Gasteiger partial charge in [-0.05, 0) is 68.9 Å². The Kier molecular flexibility index (Phi) is 8.60. The predicted molar refractivity (Wildman–Crippen MR) is 159 cm³/mol. The number of carbonyl (C=O) groups is 2. The first-order chi connectivity index (χ1) is 20.4. The number of amides is 1. The summed E-state index contributed by atoms with van der Waals surface area (Å²) in [5.74, 6) is 0.375. The van der Waals surface area contributed by atoms with E-state index in [2.05, 4.69) is 15.4 Å². The molecule has 0 radical (unpaired) electrons. The lowest BCUT2D eigenvalue weighted by Gasteiger charge is -2.55. The van der Waals surface area contributed by atoms with E-state index < -0.39 is 12.6 Å². The molecule has 4 aliphatic rings. The zero-order valence-corrected chi connectivity index (χ0v) is 24.5. The van der Waals surface area contributed by atoms with Crippen LogP contribution in [-0.4, -0.2) is 68.9 Å². The number of rotatable bonds is 9. The summed E-state index contributed by atoms with van der Waals surface area (Å²) in [4.78, 5) is 50.1. The predicted octanol–water partition coefficient (Wildman–Crippen LogP) is 4.25. The molecule has 2 aliphatic heterocycles. The third kappa shape index (κ3) is 5.96. The SMILES string of the molecule is CNC(=O)CC/C(=N\OCC(=O)O)c1nc2ccccc2n([C@H]2C[C@H]3CCC[C@@H](C2)N3[C@H]2C[C@@H]3CCC[C@@H](C3)C2)c1=O. The van der Waals surface area contributed by atoms with Gasteiger partial charge in [-0.25, -0.2) is 9.78 Å². The van der Waals surface area contributed by atoms with Crippen molar-refractivity contribution in [1.29, 1.82) is 0 Å². The van der Waals surface area contributed by atoms with Gasteiger partial charge in [0, 0.05) is 44.1 Å².